The van der Waals surface area contributed by atoms with Crippen molar-refractivity contribution in [2.75, 3.05) is 0 Å². The summed E-state index contributed by atoms with van der Waals surface area (Å²) in [6.45, 7) is 4.81. The van der Waals surface area contributed by atoms with E-state index >= 15 is 0 Å². The van der Waals surface area contributed by atoms with Crippen LogP contribution >= 0.6 is 0 Å². The van der Waals surface area contributed by atoms with Gasteiger partial charge in [-0.05, 0) is 31.4 Å². The quantitative estimate of drug-likeness (QED) is 0.212. The zero-order valence-corrected chi connectivity index (χ0v) is 22.3. The van der Waals surface area contributed by atoms with Crippen LogP contribution < -0.4 is 4.74 Å². The van der Waals surface area contributed by atoms with Crippen LogP contribution in [0.5, 0.6) is 11.5 Å². The van der Waals surface area contributed by atoms with E-state index in [9.17, 15) is 9.90 Å². The van der Waals surface area contributed by atoms with Gasteiger partial charge in [0.05, 0.1) is 6.61 Å². The third-order valence-corrected chi connectivity index (χ3v) is 8.05. The Morgan fingerprint density at radius 1 is 0.889 bits per heavy atom. The van der Waals surface area contributed by atoms with Crippen LogP contribution in [-0.4, -0.2) is 10.9 Å². The van der Waals surface area contributed by atoms with Crippen molar-refractivity contribution in [2.45, 2.75) is 116 Å². The molecule has 196 valence electrons. The van der Waals surface area contributed by atoms with Crippen molar-refractivity contribution in [1.82, 2.24) is 0 Å². The van der Waals surface area contributed by atoms with Crippen molar-refractivity contribution < 1.29 is 19.4 Å². The molecule has 1 N–H and O–H groups in total. The molecule has 2 aromatic carbocycles. The fourth-order valence-electron chi connectivity index (χ4n) is 5.98. The van der Waals surface area contributed by atoms with Crippen molar-refractivity contribution in [2.24, 2.45) is 5.92 Å². The van der Waals surface area contributed by atoms with Gasteiger partial charge in [0.25, 0.3) is 0 Å². The summed E-state index contributed by atoms with van der Waals surface area (Å²) in [5.41, 5.74) is 3.62. The molecule has 2 heterocycles. The molecule has 4 heteroatoms. The number of unbranched alkanes of at least 4 members (excludes halogenated alkanes) is 9. The van der Waals surface area contributed by atoms with E-state index in [0.29, 0.717) is 13.0 Å². The summed E-state index contributed by atoms with van der Waals surface area (Å²) >= 11 is 0. The molecular weight excluding hydrogens is 448 g/mol. The Bertz CT molecular complexity index is 1010. The van der Waals surface area contributed by atoms with Crippen LogP contribution in [0.2, 0.25) is 0 Å². The minimum atomic E-state index is -0.896. The molecule has 0 bridgehead atoms. The number of Topliss-reactive ketones (excluding diaryl/α,β-unsaturated/α-hetero) is 1. The number of hydrogen-bond acceptors (Lipinski definition) is 4. The third-order valence-electron chi connectivity index (χ3n) is 8.05. The molecule has 2 aliphatic rings. The molecule has 4 nitrogen and oxygen atoms in total. The SMILES string of the molecule is CCCCCCCCC(=O)c1cccc2c1C[C@@H](CCCCCCC)[C@@]1(OCc3c(O)cccc31)O2. The second-order valence-corrected chi connectivity index (χ2v) is 10.7. The zero-order valence-electron chi connectivity index (χ0n) is 22.3. The van der Waals surface area contributed by atoms with Crippen molar-refractivity contribution >= 4 is 5.78 Å². The van der Waals surface area contributed by atoms with Gasteiger partial charge in [-0.2, -0.15) is 0 Å². The Hall–Kier alpha value is -2.33. The first-order valence-electron chi connectivity index (χ1n) is 14.4. The maximum absolute atomic E-state index is 13.3. The Balaban J connectivity index is 1.55. The molecule has 1 spiro atoms. The maximum atomic E-state index is 13.3. The lowest BCUT2D eigenvalue weighted by Gasteiger charge is -2.42. The first-order chi connectivity index (χ1) is 17.6. The fourth-order valence-corrected chi connectivity index (χ4v) is 5.98. The molecule has 36 heavy (non-hydrogen) atoms. The van der Waals surface area contributed by atoms with Crippen LogP contribution in [0.25, 0.3) is 0 Å². The fraction of sp³-hybridized carbons (Fsp3) is 0.594. The van der Waals surface area contributed by atoms with Crippen LogP contribution in [0.15, 0.2) is 36.4 Å². The van der Waals surface area contributed by atoms with Gasteiger partial charge in [-0.15, -0.1) is 0 Å². The molecule has 0 amide bonds. The topological polar surface area (TPSA) is 55.8 Å². The van der Waals surface area contributed by atoms with Crippen LogP contribution in [0, 0.1) is 5.92 Å². The Morgan fingerprint density at radius 3 is 2.36 bits per heavy atom. The van der Waals surface area contributed by atoms with Crippen molar-refractivity contribution in [3.63, 3.8) is 0 Å². The minimum absolute atomic E-state index is 0.0951. The molecule has 2 aliphatic heterocycles. The van der Waals surface area contributed by atoms with Gasteiger partial charge in [0.1, 0.15) is 11.5 Å². The summed E-state index contributed by atoms with van der Waals surface area (Å²) in [6.07, 6.45) is 15.4. The van der Waals surface area contributed by atoms with Crippen LogP contribution in [-0.2, 0) is 23.6 Å². The number of ketones is 1. The molecule has 0 aliphatic carbocycles. The maximum Gasteiger partial charge on any atom is 0.241 e. The van der Waals surface area contributed by atoms with Crippen LogP contribution in [0.4, 0.5) is 0 Å². The zero-order chi connectivity index (χ0) is 25.4. The van der Waals surface area contributed by atoms with Gasteiger partial charge in [-0.1, -0.05) is 102 Å². The number of fused-ring (bicyclic) bond motifs is 3. The largest absolute Gasteiger partial charge is 0.508 e. The van der Waals surface area contributed by atoms with E-state index in [0.717, 1.165) is 60.1 Å². The van der Waals surface area contributed by atoms with Gasteiger partial charge in [0, 0.05) is 34.6 Å². The standard InChI is InChI=1S/C32H44O4/c1-3-5-7-9-11-13-19-29(33)25-17-14-21-31-26(25)22-24(16-12-10-8-6-4-2)32(36-31)28-18-15-20-30(34)27(28)23-35-32/h14-15,17-18,20-21,24,34H,3-13,16,19,22-23H2,1-2H3/t24-,32-/m1/s1. The number of hydrogen-bond donors (Lipinski definition) is 1. The lowest BCUT2D eigenvalue weighted by Crippen LogP contribution is -2.45. The van der Waals surface area contributed by atoms with Crippen LogP contribution in [0.3, 0.4) is 0 Å². The number of benzene rings is 2. The molecule has 0 fully saturated rings. The molecular formula is C32H44O4. The predicted octanol–water partition coefficient (Wildman–Crippen LogP) is 8.62. The summed E-state index contributed by atoms with van der Waals surface area (Å²) in [5.74, 6) is 0.449. The first-order valence-corrected chi connectivity index (χ1v) is 14.4. The highest BCUT2D eigenvalue weighted by molar-refractivity contribution is 5.98. The van der Waals surface area contributed by atoms with Gasteiger partial charge >= 0.3 is 0 Å². The second kappa shape index (κ2) is 12.8. The molecule has 0 unspecified atom stereocenters. The highest BCUT2D eigenvalue weighted by Gasteiger charge is 2.52. The highest BCUT2D eigenvalue weighted by atomic mass is 16.7. The van der Waals surface area contributed by atoms with E-state index in [-0.39, 0.29) is 17.5 Å². The van der Waals surface area contributed by atoms with E-state index in [1.165, 1.54) is 51.4 Å². The predicted molar refractivity (Wildman–Crippen MR) is 145 cm³/mol. The smallest absolute Gasteiger partial charge is 0.241 e. The molecule has 0 saturated carbocycles. The van der Waals surface area contributed by atoms with E-state index in [4.69, 9.17) is 9.47 Å². The van der Waals surface area contributed by atoms with E-state index in [1.54, 1.807) is 6.07 Å². The number of aromatic hydroxyl groups is 1. The number of carbonyl (C=O) groups excluding carboxylic acids is 1. The molecule has 0 radical (unpaired) electrons. The van der Waals surface area contributed by atoms with Gasteiger partial charge < -0.3 is 14.6 Å². The van der Waals surface area contributed by atoms with Crippen molar-refractivity contribution in [3.05, 3.63) is 58.7 Å². The summed E-state index contributed by atoms with van der Waals surface area (Å²) in [5, 5.41) is 10.5. The van der Waals surface area contributed by atoms with E-state index < -0.39 is 5.79 Å². The first kappa shape index (κ1) is 26.7. The van der Waals surface area contributed by atoms with E-state index in [2.05, 4.69) is 13.8 Å². The van der Waals surface area contributed by atoms with Crippen molar-refractivity contribution in [1.29, 1.82) is 0 Å². The number of ether oxygens (including phenoxy) is 2. The minimum Gasteiger partial charge on any atom is -0.508 e. The lowest BCUT2D eigenvalue weighted by molar-refractivity contribution is -0.227. The molecule has 4 rings (SSSR count). The normalized spacial score (nSPS) is 20.2. The molecule has 0 saturated heterocycles. The Labute approximate surface area is 217 Å². The van der Waals surface area contributed by atoms with E-state index in [1.807, 2.05) is 30.3 Å². The van der Waals surface area contributed by atoms with Crippen molar-refractivity contribution in [3.8, 4) is 11.5 Å². The highest BCUT2D eigenvalue weighted by Crippen LogP contribution is 2.52. The summed E-state index contributed by atoms with van der Waals surface area (Å²) in [6, 6.07) is 11.5. The molecule has 0 aromatic heterocycles. The Kier molecular flexibility index (Phi) is 9.47. The summed E-state index contributed by atoms with van der Waals surface area (Å²) < 4.78 is 13.2. The number of rotatable bonds is 14. The average Bonchev–Trinajstić information content (AvgIpc) is 3.25. The van der Waals surface area contributed by atoms with Gasteiger partial charge in [-0.25, -0.2) is 0 Å². The number of carbonyl (C=O) groups is 1. The summed E-state index contributed by atoms with van der Waals surface area (Å²) in [4.78, 5) is 13.3. The summed E-state index contributed by atoms with van der Waals surface area (Å²) in [7, 11) is 0. The Morgan fingerprint density at radius 2 is 1.58 bits per heavy atom. The van der Waals surface area contributed by atoms with Gasteiger partial charge in [0.15, 0.2) is 5.78 Å². The van der Waals surface area contributed by atoms with Gasteiger partial charge in [-0.3, -0.25) is 4.79 Å². The van der Waals surface area contributed by atoms with Crippen LogP contribution in [0.1, 0.15) is 124 Å². The molecule has 2 atom stereocenters. The monoisotopic (exact) mass is 492 g/mol. The van der Waals surface area contributed by atoms with Gasteiger partial charge in [0.2, 0.25) is 5.79 Å². The lowest BCUT2D eigenvalue weighted by atomic mass is 9.78. The number of phenols is 1. The average molecular weight is 493 g/mol. The second-order valence-electron chi connectivity index (χ2n) is 10.7. The molecule has 2 aromatic rings. The third kappa shape index (κ3) is 5.80. The number of phenolic OH excluding ortho intramolecular Hbond substituents is 1.